The van der Waals surface area contributed by atoms with Crippen molar-refractivity contribution in [2.24, 2.45) is 5.92 Å². The molecule has 1 aromatic rings. The zero-order valence-corrected chi connectivity index (χ0v) is 11.4. The fourth-order valence-corrected chi connectivity index (χ4v) is 1.99. The topological polar surface area (TPSA) is 29.1 Å². The molecule has 2 nitrogen and oxygen atoms in total. The van der Waals surface area contributed by atoms with E-state index in [0.29, 0.717) is 5.02 Å². The lowest BCUT2D eigenvalue weighted by molar-refractivity contribution is -0.123. The summed E-state index contributed by atoms with van der Waals surface area (Å²) in [6, 6.07) is 7.52. The van der Waals surface area contributed by atoms with Gasteiger partial charge in [-0.2, -0.15) is 0 Å². The second-order valence-electron chi connectivity index (χ2n) is 4.56. The number of rotatable bonds is 5. The average Bonchev–Trinajstić information content (AvgIpc) is 2.29. The smallest absolute Gasteiger partial charge is 0.227 e. The summed E-state index contributed by atoms with van der Waals surface area (Å²) < 4.78 is 0. The molecule has 1 atom stereocenters. The van der Waals surface area contributed by atoms with Gasteiger partial charge in [-0.05, 0) is 30.0 Å². The number of amides is 1. The molecule has 0 bridgehead atoms. The predicted octanol–water partition coefficient (Wildman–Crippen LogP) is 3.61. The first-order valence-corrected chi connectivity index (χ1v) is 6.47. The molecule has 1 amide bonds. The summed E-state index contributed by atoms with van der Waals surface area (Å²) in [5, 5.41) is 3.65. The Morgan fingerprint density at radius 3 is 2.35 bits per heavy atom. The van der Waals surface area contributed by atoms with E-state index < -0.39 is 0 Å². The summed E-state index contributed by atoms with van der Waals surface area (Å²) in [6.07, 6.45) is 0.956. The summed E-state index contributed by atoms with van der Waals surface area (Å²) in [7, 11) is 0. The number of hydrogen-bond acceptors (Lipinski definition) is 1. The second kappa shape index (κ2) is 6.65. The SMILES string of the molecule is CCCNC(=O)[C@@H](c1ccc(Cl)cc1)C(C)C. The zero-order chi connectivity index (χ0) is 12.8. The van der Waals surface area contributed by atoms with Gasteiger partial charge in [-0.1, -0.05) is 44.5 Å². The van der Waals surface area contributed by atoms with E-state index in [1.165, 1.54) is 0 Å². The number of nitrogens with one attached hydrogen (secondary N) is 1. The van der Waals surface area contributed by atoms with Crippen LogP contribution in [0.5, 0.6) is 0 Å². The monoisotopic (exact) mass is 253 g/mol. The van der Waals surface area contributed by atoms with Crippen molar-refractivity contribution in [2.75, 3.05) is 6.54 Å². The molecule has 1 rings (SSSR count). The molecule has 0 fully saturated rings. The molecule has 0 aromatic heterocycles. The van der Waals surface area contributed by atoms with Gasteiger partial charge in [0.25, 0.3) is 0 Å². The van der Waals surface area contributed by atoms with Crippen LogP contribution in [0.25, 0.3) is 0 Å². The third-order valence-electron chi connectivity index (χ3n) is 2.73. The van der Waals surface area contributed by atoms with E-state index in [-0.39, 0.29) is 17.7 Å². The van der Waals surface area contributed by atoms with Crippen LogP contribution in [0.2, 0.25) is 5.02 Å². The third kappa shape index (κ3) is 4.04. The first-order chi connectivity index (χ1) is 8.06. The molecule has 0 radical (unpaired) electrons. The van der Waals surface area contributed by atoms with Gasteiger partial charge in [-0.3, -0.25) is 4.79 Å². The summed E-state index contributed by atoms with van der Waals surface area (Å²) in [5.74, 6) is 0.274. The quantitative estimate of drug-likeness (QED) is 0.854. The number of halogens is 1. The molecular weight excluding hydrogens is 234 g/mol. The van der Waals surface area contributed by atoms with Gasteiger partial charge in [-0.25, -0.2) is 0 Å². The Bertz CT molecular complexity index is 359. The number of carbonyl (C=O) groups excluding carboxylic acids is 1. The highest BCUT2D eigenvalue weighted by atomic mass is 35.5. The molecule has 0 aliphatic rings. The Morgan fingerprint density at radius 2 is 1.88 bits per heavy atom. The van der Waals surface area contributed by atoms with Crippen LogP contribution in [0.4, 0.5) is 0 Å². The van der Waals surface area contributed by atoms with Gasteiger partial charge in [-0.15, -0.1) is 0 Å². The van der Waals surface area contributed by atoms with Crippen LogP contribution >= 0.6 is 11.6 Å². The molecule has 0 unspecified atom stereocenters. The second-order valence-corrected chi connectivity index (χ2v) is 5.00. The summed E-state index contributed by atoms with van der Waals surface area (Å²) >= 11 is 5.86. The van der Waals surface area contributed by atoms with Crippen molar-refractivity contribution in [3.63, 3.8) is 0 Å². The molecule has 0 spiro atoms. The van der Waals surface area contributed by atoms with Crippen molar-refractivity contribution in [1.29, 1.82) is 0 Å². The predicted molar refractivity (Wildman–Crippen MR) is 72.3 cm³/mol. The van der Waals surface area contributed by atoms with E-state index in [1.54, 1.807) is 0 Å². The first kappa shape index (κ1) is 14.0. The van der Waals surface area contributed by atoms with Gasteiger partial charge in [0.1, 0.15) is 0 Å². The maximum absolute atomic E-state index is 12.1. The number of hydrogen-bond donors (Lipinski definition) is 1. The normalized spacial score (nSPS) is 12.5. The molecular formula is C14H20ClNO. The molecule has 0 saturated heterocycles. The molecule has 0 aliphatic heterocycles. The van der Waals surface area contributed by atoms with Crippen LogP contribution < -0.4 is 5.32 Å². The fourth-order valence-electron chi connectivity index (χ4n) is 1.87. The van der Waals surface area contributed by atoms with E-state index >= 15 is 0 Å². The lowest BCUT2D eigenvalue weighted by atomic mass is 9.87. The van der Waals surface area contributed by atoms with Gasteiger partial charge in [0.2, 0.25) is 5.91 Å². The Labute approximate surface area is 108 Å². The highest BCUT2D eigenvalue weighted by molar-refractivity contribution is 6.30. The number of benzene rings is 1. The summed E-state index contributed by atoms with van der Waals surface area (Å²) in [4.78, 5) is 12.1. The Morgan fingerprint density at radius 1 is 1.29 bits per heavy atom. The van der Waals surface area contributed by atoms with Crippen molar-refractivity contribution in [1.82, 2.24) is 5.32 Å². The van der Waals surface area contributed by atoms with E-state index in [2.05, 4.69) is 19.2 Å². The van der Waals surface area contributed by atoms with Crippen LogP contribution in [0.1, 0.15) is 38.7 Å². The lowest BCUT2D eigenvalue weighted by Gasteiger charge is -2.20. The van der Waals surface area contributed by atoms with E-state index in [1.807, 2.05) is 31.2 Å². The van der Waals surface area contributed by atoms with Crippen molar-refractivity contribution < 1.29 is 4.79 Å². The Hall–Kier alpha value is -1.02. The van der Waals surface area contributed by atoms with Crippen LogP contribution in [0.3, 0.4) is 0 Å². The largest absolute Gasteiger partial charge is 0.356 e. The molecule has 94 valence electrons. The molecule has 0 aliphatic carbocycles. The summed E-state index contributed by atoms with van der Waals surface area (Å²) in [5.41, 5.74) is 1.03. The van der Waals surface area contributed by atoms with Crippen LogP contribution in [-0.2, 0) is 4.79 Å². The van der Waals surface area contributed by atoms with Gasteiger partial charge >= 0.3 is 0 Å². The molecule has 3 heteroatoms. The van der Waals surface area contributed by atoms with Crippen molar-refractivity contribution in [3.8, 4) is 0 Å². The Balaban J connectivity index is 2.85. The van der Waals surface area contributed by atoms with Crippen molar-refractivity contribution in [2.45, 2.75) is 33.1 Å². The van der Waals surface area contributed by atoms with Gasteiger partial charge in [0, 0.05) is 11.6 Å². The minimum Gasteiger partial charge on any atom is -0.356 e. The van der Waals surface area contributed by atoms with E-state index in [9.17, 15) is 4.79 Å². The van der Waals surface area contributed by atoms with E-state index in [0.717, 1.165) is 18.5 Å². The average molecular weight is 254 g/mol. The third-order valence-corrected chi connectivity index (χ3v) is 2.98. The van der Waals surface area contributed by atoms with Crippen molar-refractivity contribution >= 4 is 17.5 Å². The van der Waals surface area contributed by atoms with E-state index in [4.69, 9.17) is 11.6 Å². The fraction of sp³-hybridized carbons (Fsp3) is 0.500. The van der Waals surface area contributed by atoms with Crippen LogP contribution in [0.15, 0.2) is 24.3 Å². The van der Waals surface area contributed by atoms with Gasteiger partial charge < -0.3 is 5.32 Å². The summed E-state index contributed by atoms with van der Waals surface area (Å²) in [6.45, 7) is 6.90. The number of carbonyl (C=O) groups is 1. The molecule has 17 heavy (non-hydrogen) atoms. The van der Waals surface area contributed by atoms with Gasteiger partial charge in [0.15, 0.2) is 0 Å². The molecule has 0 heterocycles. The molecule has 0 saturated carbocycles. The molecule has 1 aromatic carbocycles. The van der Waals surface area contributed by atoms with Crippen molar-refractivity contribution in [3.05, 3.63) is 34.9 Å². The highest BCUT2D eigenvalue weighted by Crippen LogP contribution is 2.25. The first-order valence-electron chi connectivity index (χ1n) is 6.09. The minimum absolute atomic E-state index is 0.0983. The highest BCUT2D eigenvalue weighted by Gasteiger charge is 2.23. The standard InChI is InChI=1S/C14H20ClNO/c1-4-9-16-14(17)13(10(2)3)11-5-7-12(15)8-6-11/h5-8,10,13H,4,9H2,1-3H3,(H,16,17)/t13-/m1/s1. The lowest BCUT2D eigenvalue weighted by Crippen LogP contribution is -2.32. The van der Waals surface area contributed by atoms with Crippen LogP contribution in [-0.4, -0.2) is 12.5 Å². The zero-order valence-electron chi connectivity index (χ0n) is 10.7. The minimum atomic E-state index is -0.0983. The van der Waals surface area contributed by atoms with Gasteiger partial charge in [0.05, 0.1) is 5.92 Å². The maximum Gasteiger partial charge on any atom is 0.227 e. The Kier molecular flexibility index (Phi) is 5.49. The van der Waals surface area contributed by atoms with Crippen LogP contribution in [0, 0.1) is 5.92 Å². The molecule has 1 N–H and O–H groups in total. The maximum atomic E-state index is 12.1.